The van der Waals surface area contributed by atoms with E-state index in [1.807, 2.05) is 11.8 Å². The number of benzene rings is 2. The summed E-state index contributed by atoms with van der Waals surface area (Å²) in [6.45, 7) is 5.79. The summed E-state index contributed by atoms with van der Waals surface area (Å²) in [5.41, 5.74) is 2.30. The van der Waals surface area contributed by atoms with Gasteiger partial charge in [-0.2, -0.15) is 0 Å². The van der Waals surface area contributed by atoms with Crippen molar-refractivity contribution >= 4 is 34.1 Å². The van der Waals surface area contributed by atoms with Crippen LogP contribution >= 0.6 is 0 Å². The molecule has 1 aromatic heterocycles. The molecule has 0 bridgehead atoms. The van der Waals surface area contributed by atoms with Crippen molar-refractivity contribution in [3.8, 4) is 0 Å². The normalized spacial score (nSPS) is 14.3. The van der Waals surface area contributed by atoms with Gasteiger partial charge < -0.3 is 20.1 Å². The van der Waals surface area contributed by atoms with E-state index in [0.717, 1.165) is 11.3 Å². The van der Waals surface area contributed by atoms with Gasteiger partial charge in [-0.1, -0.05) is 6.07 Å². The molecule has 3 aromatic rings. The molecule has 0 unspecified atom stereocenters. The predicted octanol–water partition coefficient (Wildman–Crippen LogP) is 3.68. The summed E-state index contributed by atoms with van der Waals surface area (Å²) in [5.74, 6) is -1.51. The van der Waals surface area contributed by atoms with Crippen LogP contribution in [0.5, 0.6) is 0 Å². The molecule has 30 heavy (non-hydrogen) atoms. The van der Waals surface area contributed by atoms with E-state index >= 15 is 0 Å². The Morgan fingerprint density at radius 2 is 1.70 bits per heavy atom. The van der Waals surface area contributed by atoms with Crippen molar-refractivity contribution in [2.24, 2.45) is 0 Å². The van der Waals surface area contributed by atoms with Crippen molar-refractivity contribution in [3.63, 3.8) is 0 Å². The lowest BCUT2D eigenvalue weighted by Gasteiger charge is -2.35. The molecule has 0 saturated carbocycles. The molecule has 0 atom stereocenters. The van der Waals surface area contributed by atoms with Crippen LogP contribution < -0.4 is 10.2 Å². The number of nitrogens with one attached hydrogen (secondary N) is 2. The zero-order valence-corrected chi connectivity index (χ0v) is 16.8. The number of hydrogen-bond donors (Lipinski definition) is 2. The second-order valence-electron chi connectivity index (χ2n) is 7.45. The Morgan fingerprint density at radius 1 is 1.00 bits per heavy atom. The van der Waals surface area contributed by atoms with Gasteiger partial charge in [0.25, 0.3) is 5.91 Å². The predicted molar refractivity (Wildman–Crippen MR) is 112 cm³/mol. The number of amides is 2. The summed E-state index contributed by atoms with van der Waals surface area (Å²) in [6, 6.07) is 8.93. The number of nitrogens with zero attached hydrogens (tertiary/aromatic N) is 2. The summed E-state index contributed by atoms with van der Waals surface area (Å²) in [7, 11) is 0. The molecular formula is C22H22F2N4O2. The number of H-pyrrole nitrogens is 1. The topological polar surface area (TPSA) is 68.4 Å². The number of aryl methyl sites for hydroxylation is 1. The van der Waals surface area contributed by atoms with Crippen LogP contribution in [-0.4, -0.2) is 47.9 Å². The molecule has 0 aliphatic carbocycles. The van der Waals surface area contributed by atoms with E-state index in [1.54, 1.807) is 30.0 Å². The lowest BCUT2D eigenvalue weighted by atomic mass is 10.1. The first-order chi connectivity index (χ1) is 14.3. The van der Waals surface area contributed by atoms with Crippen LogP contribution in [-0.2, 0) is 4.79 Å². The van der Waals surface area contributed by atoms with Gasteiger partial charge in [0.05, 0.1) is 11.2 Å². The van der Waals surface area contributed by atoms with E-state index in [-0.39, 0.29) is 17.3 Å². The third-order valence-corrected chi connectivity index (χ3v) is 5.48. The number of fused-ring (bicyclic) bond motifs is 1. The molecular weight excluding hydrogens is 390 g/mol. The summed E-state index contributed by atoms with van der Waals surface area (Å²) in [5, 5.41) is 2.89. The fourth-order valence-electron chi connectivity index (χ4n) is 3.72. The van der Waals surface area contributed by atoms with Gasteiger partial charge in [-0.15, -0.1) is 0 Å². The molecule has 0 radical (unpaired) electrons. The van der Waals surface area contributed by atoms with Gasteiger partial charge in [-0.3, -0.25) is 9.59 Å². The zero-order chi connectivity index (χ0) is 21.4. The lowest BCUT2D eigenvalue weighted by Crippen LogP contribution is -2.48. The van der Waals surface area contributed by atoms with Crippen molar-refractivity contribution in [2.75, 3.05) is 36.4 Å². The number of carbonyl (C=O) groups is 2. The van der Waals surface area contributed by atoms with E-state index in [4.69, 9.17) is 0 Å². The van der Waals surface area contributed by atoms with Gasteiger partial charge in [-0.05, 0) is 42.8 Å². The number of aromatic amines is 1. The monoisotopic (exact) mass is 412 g/mol. The van der Waals surface area contributed by atoms with Crippen LogP contribution in [0.2, 0.25) is 0 Å². The van der Waals surface area contributed by atoms with Crippen molar-refractivity contribution in [3.05, 3.63) is 59.3 Å². The Bertz CT molecular complexity index is 1090. The minimum Gasteiger partial charge on any atom is -0.368 e. The van der Waals surface area contributed by atoms with E-state index in [1.165, 1.54) is 18.2 Å². The second-order valence-corrected chi connectivity index (χ2v) is 7.45. The third-order valence-electron chi connectivity index (χ3n) is 5.48. The van der Waals surface area contributed by atoms with Crippen molar-refractivity contribution < 1.29 is 18.4 Å². The number of carbonyl (C=O) groups excluding carboxylic acids is 2. The first-order valence-electron chi connectivity index (χ1n) is 9.72. The van der Waals surface area contributed by atoms with Gasteiger partial charge in [-0.25, -0.2) is 8.78 Å². The fourth-order valence-corrected chi connectivity index (χ4v) is 3.72. The second kappa shape index (κ2) is 7.78. The Morgan fingerprint density at radius 3 is 2.37 bits per heavy atom. The maximum Gasteiger partial charge on any atom is 0.272 e. The lowest BCUT2D eigenvalue weighted by molar-refractivity contribution is -0.129. The standard InChI is InChI=1S/C22H22F2N4O2/c1-13-3-5-17(23)16-12-20(25-21(13)16)22(30)26-19-11-15(4-6-18(19)24)28-9-7-27(8-10-28)14(2)29/h3-6,11-12,25H,7-10H2,1-2H3,(H,26,30). The molecule has 8 heteroatoms. The van der Waals surface area contributed by atoms with Crippen LogP contribution in [0.3, 0.4) is 0 Å². The van der Waals surface area contributed by atoms with Crippen LogP contribution in [0.25, 0.3) is 10.9 Å². The molecule has 4 rings (SSSR count). The van der Waals surface area contributed by atoms with E-state index < -0.39 is 17.5 Å². The molecule has 2 amide bonds. The van der Waals surface area contributed by atoms with E-state index in [9.17, 15) is 18.4 Å². The van der Waals surface area contributed by atoms with Gasteiger partial charge in [0.1, 0.15) is 17.3 Å². The van der Waals surface area contributed by atoms with Crippen molar-refractivity contribution in [1.82, 2.24) is 9.88 Å². The van der Waals surface area contributed by atoms with Gasteiger partial charge >= 0.3 is 0 Å². The Hall–Kier alpha value is -3.42. The summed E-state index contributed by atoms with van der Waals surface area (Å²) >= 11 is 0. The Kier molecular flexibility index (Phi) is 5.15. The molecule has 1 aliphatic heterocycles. The fraction of sp³-hybridized carbons (Fsp3) is 0.273. The molecule has 2 heterocycles. The quantitative estimate of drug-likeness (QED) is 0.690. The van der Waals surface area contributed by atoms with Crippen LogP contribution in [0.4, 0.5) is 20.2 Å². The number of halogens is 2. The summed E-state index contributed by atoms with van der Waals surface area (Å²) < 4.78 is 28.4. The van der Waals surface area contributed by atoms with Crippen molar-refractivity contribution in [2.45, 2.75) is 13.8 Å². The van der Waals surface area contributed by atoms with E-state index in [0.29, 0.717) is 37.1 Å². The highest BCUT2D eigenvalue weighted by Gasteiger charge is 2.20. The molecule has 156 valence electrons. The van der Waals surface area contributed by atoms with Crippen LogP contribution in [0.1, 0.15) is 23.0 Å². The molecule has 2 N–H and O–H groups in total. The maximum atomic E-state index is 14.4. The summed E-state index contributed by atoms with van der Waals surface area (Å²) in [6.07, 6.45) is 0. The van der Waals surface area contributed by atoms with Crippen LogP contribution in [0.15, 0.2) is 36.4 Å². The average Bonchev–Trinajstić information content (AvgIpc) is 3.19. The number of rotatable bonds is 3. The Balaban J connectivity index is 1.54. The first-order valence-corrected chi connectivity index (χ1v) is 9.72. The highest BCUT2D eigenvalue weighted by atomic mass is 19.1. The SMILES string of the molecule is CC(=O)N1CCN(c2ccc(F)c(NC(=O)c3cc4c(F)ccc(C)c4[nH]3)c2)CC1. The molecule has 1 saturated heterocycles. The van der Waals surface area contributed by atoms with Gasteiger partial charge in [0, 0.05) is 44.2 Å². The third kappa shape index (κ3) is 3.72. The van der Waals surface area contributed by atoms with Gasteiger partial charge in [0.2, 0.25) is 5.91 Å². The zero-order valence-electron chi connectivity index (χ0n) is 16.8. The number of hydrogen-bond acceptors (Lipinski definition) is 3. The smallest absolute Gasteiger partial charge is 0.272 e. The van der Waals surface area contributed by atoms with Crippen molar-refractivity contribution in [1.29, 1.82) is 0 Å². The molecule has 1 aliphatic rings. The summed E-state index contributed by atoms with van der Waals surface area (Å²) in [4.78, 5) is 30.9. The first kappa shape index (κ1) is 19.9. The number of anilines is 2. The minimum atomic E-state index is -0.562. The molecule has 0 spiro atoms. The molecule has 1 fully saturated rings. The van der Waals surface area contributed by atoms with Gasteiger partial charge in [0.15, 0.2) is 0 Å². The van der Waals surface area contributed by atoms with Crippen LogP contribution in [0, 0.1) is 18.6 Å². The highest BCUT2D eigenvalue weighted by Crippen LogP contribution is 2.26. The average molecular weight is 412 g/mol. The number of piperazine rings is 1. The Labute approximate surface area is 172 Å². The highest BCUT2D eigenvalue weighted by molar-refractivity contribution is 6.06. The molecule has 6 nitrogen and oxygen atoms in total. The molecule has 2 aromatic carbocycles. The largest absolute Gasteiger partial charge is 0.368 e. The number of aromatic nitrogens is 1. The van der Waals surface area contributed by atoms with E-state index in [2.05, 4.69) is 10.3 Å². The minimum absolute atomic E-state index is 0.0340. The maximum absolute atomic E-state index is 14.4.